The minimum atomic E-state index is -0.212. The molecule has 3 heteroatoms. The van der Waals surface area contributed by atoms with Crippen molar-refractivity contribution in [2.75, 3.05) is 0 Å². The van der Waals surface area contributed by atoms with Gasteiger partial charge >= 0.3 is 0 Å². The number of halogens is 1. The Balaban J connectivity index is 2.39. The first-order valence-corrected chi connectivity index (χ1v) is 4.85. The van der Waals surface area contributed by atoms with E-state index in [1.165, 1.54) is 4.88 Å². The molecule has 62 valence electrons. The summed E-state index contributed by atoms with van der Waals surface area (Å²) in [6, 6.07) is 1.95. The molecule has 0 amide bonds. The van der Waals surface area contributed by atoms with Gasteiger partial charge in [-0.05, 0) is 25.8 Å². The summed E-state index contributed by atoms with van der Waals surface area (Å²) in [6.45, 7) is 1.80. The summed E-state index contributed by atoms with van der Waals surface area (Å²) in [5.74, 6) is 0. The number of aryl methyl sites for hydroxylation is 1. The van der Waals surface area contributed by atoms with Gasteiger partial charge in [0.15, 0.2) is 0 Å². The third kappa shape index (κ3) is 3.23. The van der Waals surface area contributed by atoms with Gasteiger partial charge < -0.3 is 5.11 Å². The van der Waals surface area contributed by atoms with Crippen LogP contribution < -0.4 is 0 Å². The van der Waals surface area contributed by atoms with Crippen molar-refractivity contribution in [2.45, 2.75) is 25.9 Å². The smallest absolute Gasteiger partial charge is 0.0515 e. The van der Waals surface area contributed by atoms with Gasteiger partial charge in [0.2, 0.25) is 0 Å². The van der Waals surface area contributed by atoms with Gasteiger partial charge in [-0.2, -0.15) is 0 Å². The first kappa shape index (κ1) is 9.04. The fourth-order valence-electron chi connectivity index (χ4n) is 0.836. The maximum atomic E-state index is 8.99. The number of thiophene rings is 1. The molecule has 0 unspecified atom stereocenters. The van der Waals surface area contributed by atoms with Gasteiger partial charge in [0.05, 0.1) is 11.1 Å². The quantitative estimate of drug-likeness (QED) is 0.777. The molecule has 0 fully saturated rings. The minimum Gasteiger partial charge on any atom is -0.393 e. The number of aliphatic hydroxyl groups is 1. The zero-order valence-electron chi connectivity index (χ0n) is 6.38. The van der Waals surface area contributed by atoms with E-state index in [2.05, 4.69) is 0 Å². The van der Waals surface area contributed by atoms with Crippen molar-refractivity contribution < 1.29 is 5.11 Å². The topological polar surface area (TPSA) is 20.2 Å². The van der Waals surface area contributed by atoms with Gasteiger partial charge in [-0.15, -0.1) is 11.3 Å². The SMILES string of the molecule is C[C@H](O)CCc1cc(Cl)cs1. The van der Waals surface area contributed by atoms with E-state index in [-0.39, 0.29) is 6.10 Å². The van der Waals surface area contributed by atoms with Crippen LogP contribution in [0.25, 0.3) is 0 Å². The fraction of sp³-hybridized carbons (Fsp3) is 0.500. The monoisotopic (exact) mass is 190 g/mol. The molecule has 1 atom stereocenters. The van der Waals surface area contributed by atoms with Gasteiger partial charge in [0, 0.05) is 10.3 Å². The summed E-state index contributed by atoms with van der Waals surface area (Å²) in [6.07, 6.45) is 1.53. The number of hydrogen-bond acceptors (Lipinski definition) is 2. The molecule has 11 heavy (non-hydrogen) atoms. The Morgan fingerprint density at radius 2 is 2.45 bits per heavy atom. The highest BCUT2D eigenvalue weighted by Crippen LogP contribution is 2.20. The normalized spacial score (nSPS) is 13.4. The van der Waals surface area contributed by atoms with E-state index in [9.17, 15) is 0 Å². The van der Waals surface area contributed by atoms with Gasteiger partial charge in [-0.3, -0.25) is 0 Å². The van der Waals surface area contributed by atoms with E-state index >= 15 is 0 Å². The Bertz CT molecular complexity index is 220. The maximum absolute atomic E-state index is 8.99. The highest BCUT2D eigenvalue weighted by Gasteiger charge is 2.00. The lowest BCUT2D eigenvalue weighted by Crippen LogP contribution is -1.99. The van der Waals surface area contributed by atoms with E-state index in [1.807, 2.05) is 11.4 Å². The van der Waals surface area contributed by atoms with Crippen molar-refractivity contribution in [3.63, 3.8) is 0 Å². The Hall–Kier alpha value is -0.0500. The van der Waals surface area contributed by atoms with Crippen LogP contribution in [0.4, 0.5) is 0 Å². The molecular formula is C8H11ClOS. The molecule has 0 aliphatic rings. The zero-order chi connectivity index (χ0) is 8.27. The largest absolute Gasteiger partial charge is 0.393 e. The van der Waals surface area contributed by atoms with E-state index in [1.54, 1.807) is 18.3 Å². The van der Waals surface area contributed by atoms with Gasteiger partial charge in [-0.25, -0.2) is 0 Å². The predicted molar refractivity (Wildman–Crippen MR) is 49.3 cm³/mol. The van der Waals surface area contributed by atoms with Crippen molar-refractivity contribution in [2.24, 2.45) is 0 Å². The summed E-state index contributed by atoms with van der Waals surface area (Å²) >= 11 is 7.37. The van der Waals surface area contributed by atoms with Crippen LogP contribution in [0.3, 0.4) is 0 Å². The highest BCUT2D eigenvalue weighted by atomic mass is 35.5. The van der Waals surface area contributed by atoms with Crippen LogP contribution in [0, 0.1) is 0 Å². The molecule has 0 aliphatic carbocycles. The minimum absolute atomic E-state index is 0.212. The first-order valence-electron chi connectivity index (χ1n) is 3.59. The van der Waals surface area contributed by atoms with Crippen molar-refractivity contribution >= 4 is 22.9 Å². The van der Waals surface area contributed by atoms with Crippen molar-refractivity contribution in [3.05, 3.63) is 21.3 Å². The van der Waals surface area contributed by atoms with Crippen LogP contribution in [0.2, 0.25) is 5.02 Å². The molecule has 1 nitrogen and oxygen atoms in total. The predicted octanol–water partition coefficient (Wildman–Crippen LogP) is 2.71. The van der Waals surface area contributed by atoms with Crippen LogP contribution in [0.15, 0.2) is 11.4 Å². The molecule has 0 spiro atoms. The average molecular weight is 191 g/mol. The summed E-state index contributed by atoms with van der Waals surface area (Å²) in [7, 11) is 0. The second-order valence-corrected chi connectivity index (χ2v) is 4.05. The Labute approximate surface area is 75.6 Å². The summed E-state index contributed by atoms with van der Waals surface area (Å²) in [4.78, 5) is 1.25. The van der Waals surface area contributed by atoms with Crippen LogP contribution in [0.1, 0.15) is 18.2 Å². The molecular weight excluding hydrogens is 180 g/mol. The molecule has 1 rings (SSSR count). The molecule has 1 aromatic heterocycles. The maximum Gasteiger partial charge on any atom is 0.0515 e. The van der Waals surface area contributed by atoms with Crippen molar-refractivity contribution in [3.8, 4) is 0 Å². The second-order valence-electron chi connectivity index (χ2n) is 2.62. The van der Waals surface area contributed by atoms with E-state index < -0.39 is 0 Å². The van der Waals surface area contributed by atoms with Gasteiger partial charge in [-0.1, -0.05) is 11.6 Å². The van der Waals surface area contributed by atoms with Crippen LogP contribution in [-0.4, -0.2) is 11.2 Å². The lowest BCUT2D eigenvalue weighted by molar-refractivity contribution is 0.185. The molecule has 0 aliphatic heterocycles. The van der Waals surface area contributed by atoms with E-state index in [0.717, 1.165) is 17.9 Å². The van der Waals surface area contributed by atoms with Gasteiger partial charge in [0.25, 0.3) is 0 Å². The number of hydrogen-bond donors (Lipinski definition) is 1. The van der Waals surface area contributed by atoms with Crippen LogP contribution >= 0.6 is 22.9 Å². The molecule has 0 radical (unpaired) electrons. The lowest BCUT2D eigenvalue weighted by atomic mass is 10.2. The number of aliphatic hydroxyl groups excluding tert-OH is 1. The van der Waals surface area contributed by atoms with E-state index in [0.29, 0.717) is 0 Å². The molecule has 1 N–H and O–H groups in total. The van der Waals surface area contributed by atoms with Crippen LogP contribution in [0.5, 0.6) is 0 Å². The first-order chi connectivity index (χ1) is 5.18. The summed E-state index contributed by atoms with van der Waals surface area (Å²) in [5.41, 5.74) is 0. The highest BCUT2D eigenvalue weighted by molar-refractivity contribution is 7.10. The molecule has 0 saturated heterocycles. The van der Waals surface area contributed by atoms with Crippen LogP contribution in [-0.2, 0) is 6.42 Å². The average Bonchev–Trinajstić information content (AvgIpc) is 2.31. The Morgan fingerprint density at radius 1 is 1.73 bits per heavy atom. The summed E-state index contributed by atoms with van der Waals surface area (Å²) in [5, 5.41) is 11.7. The molecule has 0 bridgehead atoms. The Morgan fingerprint density at radius 3 is 2.91 bits per heavy atom. The number of rotatable bonds is 3. The molecule has 0 saturated carbocycles. The zero-order valence-corrected chi connectivity index (χ0v) is 7.95. The second kappa shape index (κ2) is 4.10. The van der Waals surface area contributed by atoms with E-state index in [4.69, 9.17) is 16.7 Å². The molecule has 1 aromatic rings. The van der Waals surface area contributed by atoms with Gasteiger partial charge in [0.1, 0.15) is 0 Å². The Kier molecular flexibility index (Phi) is 3.37. The molecule has 0 aromatic carbocycles. The fourth-order valence-corrected chi connectivity index (χ4v) is 1.93. The summed E-state index contributed by atoms with van der Waals surface area (Å²) < 4.78 is 0. The standard InChI is InChI=1S/C8H11ClOS/c1-6(10)2-3-8-4-7(9)5-11-8/h4-6,10H,2-3H2,1H3/t6-/m0/s1. The third-order valence-electron chi connectivity index (χ3n) is 1.43. The molecule has 1 heterocycles. The van der Waals surface area contributed by atoms with Crippen molar-refractivity contribution in [1.82, 2.24) is 0 Å². The third-order valence-corrected chi connectivity index (χ3v) is 2.77. The lowest BCUT2D eigenvalue weighted by Gasteiger charge is -1.99. The van der Waals surface area contributed by atoms with Crippen molar-refractivity contribution in [1.29, 1.82) is 0 Å².